The van der Waals surface area contributed by atoms with Gasteiger partial charge in [0.25, 0.3) is 5.91 Å². The predicted octanol–water partition coefficient (Wildman–Crippen LogP) is 0.566. The second-order valence-electron chi connectivity index (χ2n) is 5.83. The summed E-state index contributed by atoms with van der Waals surface area (Å²) in [6, 6.07) is 0. The van der Waals surface area contributed by atoms with Crippen LogP contribution in [0, 0.1) is 5.92 Å². The number of carbonyl (C=O) groups excluding carboxylic acids is 1. The molecule has 6 nitrogen and oxygen atoms in total. The maximum atomic E-state index is 11.9. The Hall–Kier alpha value is -1.69. The van der Waals surface area contributed by atoms with Gasteiger partial charge in [0.15, 0.2) is 0 Å². The fourth-order valence-electron chi connectivity index (χ4n) is 2.55. The van der Waals surface area contributed by atoms with E-state index in [9.17, 15) is 4.79 Å². The van der Waals surface area contributed by atoms with E-state index in [2.05, 4.69) is 33.9 Å². The second-order valence-corrected chi connectivity index (χ2v) is 5.83. The Bertz CT molecular complexity index is 474. The van der Waals surface area contributed by atoms with Crippen LogP contribution < -0.4 is 4.90 Å². The highest BCUT2D eigenvalue weighted by atomic mass is 16.2. The van der Waals surface area contributed by atoms with E-state index in [1.807, 2.05) is 0 Å². The number of nitrogens with zero attached hydrogens (tertiary/aromatic N) is 5. The Morgan fingerprint density at radius 3 is 2.75 bits per heavy atom. The summed E-state index contributed by atoms with van der Waals surface area (Å²) in [6.45, 7) is 3.04. The van der Waals surface area contributed by atoms with Gasteiger partial charge in [0, 0.05) is 33.7 Å². The fourth-order valence-corrected chi connectivity index (χ4v) is 2.55. The summed E-state index contributed by atoms with van der Waals surface area (Å²) < 4.78 is 0. The van der Waals surface area contributed by atoms with Crippen molar-refractivity contribution in [2.45, 2.75) is 6.42 Å². The van der Waals surface area contributed by atoms with Crippen LogP contribution in [0.2, 0.25) is 0 Å². The topological polar surface area (TPSA) is 52.6 Å². The number of amides is 1. The van der Waals surface area contributed by atoms with Crippen LogP contribution in [0.15, 0.2) is 12.4 Å². The monoisotopic (exact) mass is 277 g/mol. The summed E-state index contributed by atoms with van der Waals surface area (Å²) in [4.78, 5) is 26.5. The van der Waals surface area contributed by atoms with Gasteiger partial charge in [-0.1, -0.05) is 0 Å². The molecule has 0 spiro atoms. The van der Waals surface area contributed by atoms with E-state index >= 15 is 0 Å². The molecule has 110 valence electrons. The first kappa shape index (κ1) is 14.7. The zero-order valence-electron chi connectivity index (χ0n) is 12.7. The minimum atomic E-state index is -0.108. The SMILES string of the molecule is CN(C)CC1CCN(c2cncc(C(=O)N(C)C)n2)C1. The molecule has 0 aliphatic carbocycles. The standard InChI is InChI=1S/C14H23N5O/c1-17(2)9-11-5-6-19(10-11)13-8-15-7-12(16-13)14(20)18(3)4/h7-8,11H,5-6,9-10H2,1-4H3. The van der Waals surface area contributed by atoms with E-state index in [0.29, 0.717) is 11.6 Å². The van der Waals surface area contributed by atoms with Crippen LogP contribution in [-0.2, 0) is 0 Å². The number of carbonyl (C=O) groups is 1. The molecule has 1 unspecified atom stereocenters. The number of aromatic nitrogens is 2. The highest BCUT2D eigenvalue weighted by Crippen LogP contribution is 2.22. The molecule has 2 heterocycles. The third-order valence-corrected chi connectivity index (χ3v) is 3.48. The Morgan fingerprint density at radius 2 is 2.10 bits per heavy atom. The smallest absolute Gasteiger partial charge is 0.273 e. The van der Waals surface area contributed by atoms with E-state index in [-0.39, 0.29) is 5.91 Å². The summed E-state index contributed by atoms with van der Waals surface area (Å²) in [6.07, 6.45) is 4.43. The van der Waals surface area contributed by atoms with Gasteiger partial charge in [-0.25, -0.2) is 4.98 Å². The molecule has 0 radical (unpaired) electrons. The minimum absolute atomic E-state index is 0.108. The maximum absolute atomic E-state index is 11.9. The van der Waals surface area contributed by atoms with Crippen LogP contribution in [0.4, 0.5) is 5.82 Å². The van der Waals surface area contributed by atoms with Crippen LogP contribution >= 0.6 is 0 Å². The summed E-state index contributed by atoms with van der Waals surface area (Å²) in [5, 5.41) is 0. The normalized spacial score (nSPS) is 18.6. The lowest BCUT2D eigenvalue weighted by molar-refractivity contribution is 0.0821. The summed E-state index contributed by atoms with van der Waals surface area (Å²) in [5.41, 5.74) is 0.406. The van der Waals surface area contributed by atoms with E-state index in [1.165, 1.54) is 11.1 Å². The molecular formula is C14H23N5O. The molecular weight excluding hydrogens is 254 g/mol. The summed E-state index contributed by atoms with van der Waals surface area (Å²) >= 11 is 0. The van der Waals surface area contributed by atoms with Gasteiger partial charge in [-0.2, -0.15) is 0 Å². The number of hydrogen-bond acceptors (Lipinski definition) is 5. The van der Waals surface area contributed by atoms with E-state index in [0.717, 1.165) is 31.9 Å². The van der Waals surface area contributed by atoms with E-state index in [4.69, 9.17) is 0 Å². The summed E-state index contributed by atoms with van der Waals surface area (Å²) in [5.74, 6) is 1.35. The van der Waals surface area contributed by atoms with Gasteiger partial charge in [-0.15, -0.1) is 0 Å². The van der Waals surface area contributed by atoms with Crippen molar-refractivity contribution in [2.24, 2.45) is 5.92 Å². The van der Waals surface area contributed by atoms with Crippen molar-refractivity contribution in [1.29, 1.82) is 0 Å². The molecule has 1 amide bonds. The molecule has 1 aliphatic heterocycles. The number of anilines is 1. The molecule has 1 fully saturated rings. The minimum Gasteiger partial charge on any atom is -0.355 e. The largest absolute Gasteiger partial charge is 0.355 e. The second kappa shape index (κ2) is 6.17. The highest BCUT2D eigenvalue weighted by Gasteiger charge is 2.24. The van der Waals surface area contributed by atoms with Crippen molar-refractivity contribution >= 4 is 11.7 Å². The molecule has 1 saturated heterocycles. The fraction of sp³-hybridized carbons (Fsp3) is 0.643. The van der Waals surface area contributed by atoms with E-state index in [1.54, 1.807) is 20.3 Å². The van der Waals surface area contributed by atoms with Crippen LogP contribution in [-0.4, -0.2) is 73.5 Å². The molecule has 0 saturated carbocycles. The molecule has 20 heavy (non-hydrogen) atoms. The van der Waals surface area contributed by atoms with Gasteiger partial charge < -0.3 is 14.7 Å². The van der Waals surface area contributed by atoms with Gasteiger partial charge >= 0.3 is 0 Å². The molecule has 6 heteroatoms. The zero-order valence-corrected chi connectivity index (χ0v) is 12.7. The van der Waals surface area contributed by atoms with E-state index < -0.39 is 0 Å². The average Bonchev–Trinajstić information content (AvgIpc) is 2.85. The van der Waals surface area contributed by atoms with Gasteiger partial charge in [0.05, 0.1) is 12.4 Å². The predicted molar refractivity (Wildman–Crippen MR) is 78.9 cm³/mol. The van der Waals surface area contributed by atoms with Crippen molar-refractivity contribution in [3.63, 3.8) is 0 Å². The highest BCUT2D eigenvalue weighted by molar-refractivity contribution is 5.91. The first-order valence-corrected chi connectivity index (χ1v) is 6.90. The summed E-state index contributed by atoms with van der Waals surface area (Å²) in [7, 11) is 7.64. The molecule has 0 aromatic carbocycles. The van der Waals surface area contributed by atoms with Gasteiger partial charge in [0.2, 0.25) is 0 Å². The average molecular weight is 277 g/mol. The van der Waals surface area contributed by atoms with Gasteiger partial charge in [-0.3, -0.25) is 9.78 Å². The molecule has 1 aliphatic rings. The van der Waals surface area contributed by atoms with Crippen molar-refractivity contribution in [1.82, 2.24) is 19.8 Å². The Kier molecular flexibility index (Phi) is 4.54. The molecule has 1 aromatic heterocycles. The van der Waals surface area contributed by atoms with Gasteiger partial charge in [0.1, 0.15) is 11.5 Å². The lowest BCUT2D eigenvalue weighted by Gasteiger charge is -2.19. The zero-order chi connectivity index (χ0) is 14.7. The van der Waals surface area contributed by atoms with Crippen LogP contribution in [0.3, 0.4) is 0 Å². The maximum Gasteiger partial charge on any atom is 0.273 e. The Morgan fingerprint density at radius 1 is 1.35 bits per heavy atom. The van der Waals surface area contributed by atoms with Crippen LogP contribution in [0.1, 0.15) is 16.9 Å². The Labute approximate surface area is 120 Å². The lowest BCUT2D eigenvalue weighted by atomic mass is 10.1. The quantitative estimate of drug-likeness (QED) is 0.805. The molecule has 2 rings (SSSR count). The molecule has 1 atom stereocenters. The molecule has 0 N–H and O–H groups in total. The van der Waals surface area contributed by atoms with Crippen molar-refractivity contribution in [3.05, 3.63) is 18.1 Å². The third kappa shape index (κ3) is 3.45. The first-order chi connectivity index (χ1) is 9.47. The number of rotatable bonds is 4. The Balaban J connectivity index is 2.07. The van der Waals surface area contributed by atoms with Crippen LogP contribution in [0.25, 0.3) is 0 Å². The van der Waals surface area contributed by atoms with Crippen molar-refractivity contribution < 1.29 is 4.79 Å². The van der Waals surface area contributed by atoms with Crippen molar-refractivity contribution in [2.75, 3.05) is 52.7 Å². The van der Waals surface area contributed by atoms with Crippen molar-refractivity contribution in [3.8, 4) is 0 Å². The lowest BCUT2D eigenvalue weighted by Crippen LogP contribution is -2.27. The number of hydrogen-bond donors (Lipinski definition) is 0. The van der Waals surface area contributed by atoms with Gasteiger partial charge in [-0.05, 0) is 26.4 Å². The molecule has 1 aromatic rings. The third-order valence-electron chi connectivity index (χ3n) is 3.48. The molecule has 0 bridgehead atoms. The first-order valence-electron chi connectivity index (χ1n) is 6.90. The van der Waals surface area contributed by atoms with Crippen LogP contribution in [0.5, 0.6) is 0 Å².